The summed E-state index contributed by atoms with van der Waals surface area (Å²) < 4.78 is 1.30. The summed E-state index contributed by atoms with van der Waals surface area (Å²) >= 11 is 3.72. The number of hydrogen-bond acceptors (Lipinski definition) is 3. The van der Waals surface area contributed by atoms with Gasteiger partial charge in [0, 0.05) is 20.8 Å². The summed E-state index contributed by atoms with van der Waals surface area (Å²) in [5.74, 6) is 3.66. The highest BCUT2D eigenvalue weighted by Gasteiger charge is 2.61. The van der Waals surface area contributed by atoms with Crippen molar-refractivity contribution < 1.29 is 4.79 Å². The van der Waals surface area contributed by atoms with Crippen LogP contribution in [-0.2, 0) is 4.79 Å². The Labute approximate surface area is 190 Å². The van der Waals surface area contributed by atoms with Crippen LogP contribution in [-0.4, -0.2) is 5.78 Å². The number of hydrogen-bond donors (Lipinski definition) is 0. The minimum absolute atomic E-state index is 0.104. The molecule has 6 rings (SSSR count). The third-order valence-electron chi connectivity index (χ3n) is 9.94. The molecule has 3 heteroatoms. The standard InChI is InChI=1S/C27H34OS2/c1-16-7-10-22-23(14-16)30-25(29-22)19-15-21-18-9-8-17-6-4-5-12-26(17,2)20(18)11-13-27(21,3)24(19)28/h7,10,14,17-18,20-21H,4-6,8-9,11-13,15H2,1-3H3/b25-19-/t17-,18+,20+,21+,26-,27-/m0/s1. The fourth-order valence-corrected chi connectivity index (χ4v) is 10.9. The molecule has 1 aromatic rings. The molecule has 4 saturated carbocycles. The van der Waals surface area contributed by atoms with Gasteiger partial charge in [-0.3, -0.25) is 4.79 Å². The highest BCUT2D eigenvalue weighted by molar-refractivity contribution is 8.24. The zero-order chi connectivity index (χ0) is 20.7. The van der Waals surface area contributed by atoms with Crippen LogP contribution in [0.25, 0.3) is 0 Å². The Morgan fingerprint density at radius 3 is 2.63 bits per heavy atom. The van der Waals surface area contributed by atoms with Crippen LogP contribution in [0.1, 0.15) is 77.2 Å². The van der Waals surface area contributed by atoms with E-state index in [2.05, 4.69) is 39.0 Å². The number of Topliss-reactive ketones (excluding diaryl/α,β-unsaturated/α-hetero) is 1. The SMILES string of the molecule is Cc1ccc2c(c1)S/C(=C1/C[C@@H]3[C@@H]4CC[C@@H]5CCCC[C@]5(C)[C@@H]4CC[C@]3(C)C1=O)S2. The molecule has 1 aliphatic heterocycles. The van der Waals surface area contributed by atoms with Gasteiger partial charge in [-0.05, 0) is 98.7 Å². The lowest BCUT2D eigenvalue weighted by Crippen LogP contribution is -2.52. The molecule has 1 heterocycles. The van der Waals surface area contributed by atoms with Crippen LogP contribution in [0.5, 0.6) is 0 Å². The first-order valence-corrected chi connectivity index (χ1v) is 13.8. The third kappa shape index (κ3) is 2.73. The molecule has 5 aliphatic rings. The van der Waals surface area contributed by atoms with Crippen molar-refractivity contribution in [1.29, 1.82) is 0 Å². The molecule has 0 N–H and O–H groups in total. The molecule has 1 aromatic carbocycles. The highest BCUT2D eigenvalue weighted by atomic mass is 32.2. The smallest absolute Gasteiger partial charge is 0.166 e. The van der Waals surface area contributed by atoms with Gasteiger partial charge in [-0.1, -0.05) is 56.3 Å². The molecule has 0 amide bonds. The Morgan fingerprint density at radius 2 is 1.77 bits per heavy atom. The van der Waals surface area contributed by atoms with Gasteiger partial charge in [-0.25, -0.2) is 0 Å². The highest BCUT2D eigenvalue weighted by Crippen LogP contribution is 2.67. The average molecular weight is 439 g/mol. The van der Waals surface area contributed by atoms with Gasteiger partial charge in [-0.2, -0.15) is 0 Å². The van der Waals surface area contributed by atoms with Crippen molar-refractivity contribution in [2.45, 2.75) is 88.3 Å². The van der Waals surface area contributed by atoms with E-state index < -0.39 is 0 Å². The molecule has 0 bridgehead atoms. The van der Waals surface area contributed by atoms with Crippen molar-refractivity contribution in [1.82, 2.24) is 0 Å². The van der Waals surface area contributed by atoms with Gasteiger partial charge in [0.15, 0.2) is 5.78 Å². The summed E-state index contributed by atoms with van der Waals surface area (Å²) in [6.45, 7) is 7.13. The molecule has 0 unspecified atom stereocenters. The predicted molar refractivity (Wildman–Crippen MR) is 127 cm³/mol. The molecule has 6 atom stereocenters. The summed E-state index contributed by atoms with van der Waals surface area (Å²) in [4.78, 5) is 16.5. The van der Waals surface area contributed by atoms with E-state index in [9.17, 15) is 4.79 Å². The maximum atomic E-state index is 13.8. The molecule has 0 spiro atoms. The van der Waals surface area contributed by atoms with Crippen molar-refractivity contribution in [2.75, 3.05) is 0 Å². The largest absolute Gasteiger partial charge is 0.294 e. The van der Waals surface area contributed by atoms with Gasteiger partial charge in [0.1, 0.15) is 0 Å². The van der Waals surface area contributed by atoms with Crippen LogP contribution in [0, 0.1) is 41.4 Å². The van der Waals surface area contributed by atoms with E-state index >= 15 is 0 Å². The minimum atomic E-state index is -0.104. The van der Waals surface area contributed by atoms with Gasteiger partial charge in [0.25, 0.3) is 0 Å². The molecule has 4 fully saturated rings. The second-order valence-electron chi connectivity index (χ2n) is 11.3. The average Bonchev–Trinajstić information content (AvgIpc) is 3.25. The zero-order valence-electron chi connectivity index (χ0n) is 18.6. The third-order valence-corrected chi connectivity index (χ3v) is 12.6. The first kappa shape index (κ1) is 20.0. The zero-order valence-corrected chi connectivity index (χ0v) is 20.3. The van der Waals surface area contributed by atoms with Crippen molar-refractivity contribution in [3.05, 3.63) is 33.6 Å². The number of fused-ring (bicyclic) bond motifs is 6. The fourth-order valence-electron chi connectivity index (χ4n) is 8.23. The minimum Gasteiger partial charge on any atom is -0.294 e. The number of benzene rings is 1. The molecule has 4 aliphatic carbocycles. The van der Waals surface area contributed by atoms with Crippen LogP contribution in [0.2, 0.25) is 0 Å². The summed E-state index contributed by atoms with van der Waals surface area (Å²) in [6, 6.07) is 6.73. The van der Waals surface area contributed by atoms with E-state index in [0.29, 0.717) is 17.1 Å². The van der Waals surface area contributed by atoms with Gasteiger partial charge >= 0.3 is 0 Å². The number of thioether (sulfide) groups is 2. The predicted octanol–water partition coefficient (Wildman–Crippen LogP) is 8.02. The number of carbonyl (C=O) groups is 1. The number of allylic oxidation sites excluding steroid dienone is 1. The van der Waals surface area contributed by atoms with Gasteiger partial charge in [0.2, 0.25) is 0 Å². The van der Waals surface area contributed by atoms with Crippen molar-refractivity contribution in [2.24, 2.45) is 34.5 Å². The molecular formula is C27H34OS2. The molecule has 0 saturated heterocycles. The van der Waals surface area contributed by atoms with E-state index in [4.69, 9.17) is 0 Å². The lowest BCUT2D eigenvalue weighted by atomic mass is 9.45. The van der Waals surface area contributed by atoms with Crippen LogP contribution in [0.15, 0.2) is 37.8 Å². The second-order valence-corrected chi connectivity index (χ2v) is 13.7. The van der Waals surface area contributed by atoms with Gasteiger partial charge < -0.3 is 0 Å². The Bertz CT molecular complexity index is 948. The number of aryl methyl sites for hydroxylation is 1. The monoisotopic (exact) mass is 438 g/mol. The summed E-state index contributed by atoms with van der Waals surface area (Å²) in [7, 11) is 0. The Kier molecular flexibility index (Phi) is 4.60. The normalized spacial score (nSPS) is 45.0. The maximum absolute atomic E-state index is 13.8. The second kappa shape index (κ2) is 6.91. The molecule has 0 aromatic heterocycles. The van der Waals surface area contributed by atoms with E-state index in [-0.39, 0.29) is 5.41 Å². The Morgan fingerprint density at radius 1 is 0.933 bits per heavy atom. The van der Waals surface area contributed by atoms with Crippen molar-refractivity contribution in [3.8, 4) is 0 Å². The molecule has 1 nitrogen and oxygen atoms in total. The number of ketones is 1. The number of rotatable bonds is 0. The fraction of sp³-hybridized carbons (Fsp3) is 0.667. The van der Waals surface area contributed by atoms with Crippen LogP contribution < -0.4 is 0 Å². The van der Waals surface area contributed by atoms with E-state index in [0.717, 1.165) is 30.6 Å². The van der Waals surface area contributed by atoms with Gasteiger partial charge in [-0.15, -0.1) is 0 Å². The van der Waals surface area contributed by atoms with E-state index in [1.165, 1.54) is 70.1 Å². The maximum Gasteiger partial charge on any atom is 0.166 e. The van der Waals surface area contributed by atoms with Gasteiger partial charge in [0.05, 0.1) is 4.24 Å². The molecule has 0 radical (unpaired) electrons. The molecule has 30 heavy (non-hydrogen) atoms. The van der Waals surface area contributed by atoms with Crippen LogP contribution >= 0.6 is 23.5 Å². The first-order chi connectivity index (χ1) is 14.4. The van der Waals surface area contributed by atoms with Crippen molar-refractivity contribution in [3.63, 3.8) is 0 Å². The number of carbonyl (C=O) groups excluding carboxylic acids is 1. The summed E-state index contributed by atoms with van der Waals surface area (Å²) in [6.07, 6.45) is 12.0. The molecule has 160 valence electrons. The Balaban J connectivity index is 1.33. The van der Waals surface area contributed by atoms with Crippen LogP contribution in [0.4, 0.5) is 0 Å². The van der Waals surface area contributed by atoms with Crippen LogP contribution in [0.3, 0.4) is 0 Å². The van der Waals surface area contributed by atoms with Crippen molar-refractivity contribution >= 4 is 29.3 Å². The topological polar surface area (TPSA) is 17.1 Å². The van der Waals surface area contributed by atoms with E-state index in [1.54, 1.807) is 0 Å². The summed E-state index contributed by atoms with van der Waals surface area (Å²) in [5.41, 5.74) is 2.94. The lowest BCUT2D eigenvalue weighted by molar-refractivity contribution is -0.137. The summed E-state index contributed by atoms with van der Waals surface area (Å²) in [5, 5.41) is 0. The quantitative estimate of drug-likeness (QED) is 0.382. The van der Waals surface area contributed by atoms with E-state index in [1.807, 2.05) is 23.5 Å². The Hall–Kier alpha value is -0.670. The lowest BCUT2D eigenvalue weighted by Gasteiger charge is -2.59. The molecular weight excluding hydrogens is 404 g/mol. The first-order valence-electron chi connectivity index (χ1n) is 12.1.